The van der Waals surface area contributed by atoms with Gasteiger partial charge in [0.15, 0.2) is 0 Å². The number of benzene rings is 2. The molecule has 1 heterocycles. The second kappa shape index (κ2) is 11.0. The Morgan fingerprint density at radius 1 is 1.10 bits per heavy atom. The lowest BCUT2D eigenvalue weighted by Gasteiger charge is -2.17. The van der Waals surface area contributed by atoms with E-state index < -0.39 is 0 Å². The molecule has 0 bridgehead atoms. The van der Waals surface area contributed by atoms with E-state index in [1.165, 1.54) is 0 Å². The molecule has 5 nitrogen and oxygen atoms in total. The molecule has 0 atom stereocenters. The van der Waals surface area contributed by atoms with Gasteiger partial charge in [-0.1, -0.05) is 60.1 Å². The minimum absolute atomic E-state index is 0. The molecule has 1 amide bonds. The molecule has 29 heavy (non-hydrogen) atoms. The van der Waals surface area contributed by atoms with Crippen molar-refractivity contribution in [3.05, 3.63) is 76.9 Å². The summed E-state index contributed by atoms with van der Waals surface area (Å²) < 4.78 is 1.89. The molecule has 0 radical (unpaired) electrons. The molecule has 0 saturated heterocycles. The Hall–Kier alpha value is -2.34. The molecule has 154 valence electrons. The molecule has 0 spiro atoms. The summed E-state index contributed by atoms with van der Waals surface area (Å²) in [7, 11) is 1.82. The summed E-state index contributed by atoms with van der Waals surface area (Å²) in [4.78, 5) is 14.1. The number of aromatic nitrogens is 2. The van der Waals surface area contributed by atoms with Gasteiger partial charge in [0.2, 0.25) is 5.91 Å². The van der Waals surface area contributed by atoms with Crippen LogP contribution in [0.3, 0.4) is 0 Å². The van der Waals surface area contributed by atoms with E-state index in [0.717, 1.165) is 27.4 Å². The average molecular weight is 433 g/mol. The van der Waals surface area contributed by atoms with Crippen LogP contribution >= 0.6 is 24.0 Å². The number of halogens is 2. The van der Waals surface area contributed by atoms with Crippen molar-refractivity contribution in [1.82, 2.24) is 14.7 Å². The monoisotopic (exact) mass is 432 g/mol. The number of hydrogen-bond donors (Lipinski definition) is 1. The fourth-order valence-corrected chi connectivity index (χ4v) is 3.28. The number of nitrogens with two attached hydrogens (primary N) is 1. The van der Waals surface area contributed by atoms with Gasteiger partial charge in [-0.25, -0.2) is 0 Å². The summed E-state index contributed by atoms with van der Waals surface area (Å²) >= 11 is 6.31. The highest BCUT2D eigenvalue weighted by atomic mass is 35.5. The van der Waals surface area contributed by atoms with Crippen LogP contribution in [0.5, 0.6) is 0 Å². The largest absolute Gasteiger partial charge is 0.341 e. The van der Waals surface area contributed by atoms with E-state index in [-0.39, 0.29) is 18.3 Å². The van der Waals surface area contributed by atoms with Crippen molar-refractivity contribution in [2.45, 2.75) is 25.9 Å². The van der Waals surface area contributed by atoms with Crippen molar-refractivity contribution < 1.29 is 4.79 Å². The fourth-order valence-electron chi connectivity index (χ4n) is 3.09. The van der Waals surface area contributed by atoms with Gasteiger partial charge in [-0.05, 0) is 24.6 Å². The third-order valence-electron chi connectivity index (χ3n) is 4.60. The third kappa shape index (κ3) is 6.07. The van der Waals surface area contributed by atoms with Gasteiger partial charge in [-0.3, -0.25) is 9.48 Å². The Morgan fingerprint density at radius 3 is 2.48 bits per heavy atom. The first-order valence-electron chi connectivity index (χ1n) is 9.37. The van der Waals surface area contributed by atoms with Crippen LogP contribution in [0.2, 0.25) is 5.02 Å². The molecule has 0 aliphatic rings. The lowest BCUT2D eigenvalue weighted by molar-refractivity contribution is -0.130. The number of carbonyl (C=O) groups excluding carboxylic acids is 1. The molecule has 0 aliphatic carbocycles. The SMILES string of the molecule is CN(Cc1cn(Cc2ccccc2Cl)nc1-c1ccccc1)C(=O)CCCN.Cl. The number of hydrogen-bond acceptors (Lipinski definition) is 3. The van der Waals surface area contributed by atoms with Crippen molar-refractivity contribution in [3.63, 3.8) is 0 Å². The molecular formula is C22H26Cl2N4O. The topological polar surface area (TPSA) is 64.2 Å². The third-order valence-corrected chi connectivity index (χ3v) is 4.97. The second-order valence-corrected chi connectivity index (χ2v) is 7.21. The predicted molar refractivity (Wildman–Crippen MR) is 120 cm³/mol. The minimum atomic E-state index is 0. The highest BCUT2D eigenvalue weighted by Gasteiger charge is 2.16. The number of nitrogens with zero attached hydrogens (tertiary/aromatic N) is 3. The summed E-state index contributed by atoms with van der Waals surface area (Å²) in [6, 6.07) is 17.8. The van der Waals surface area contributed by atoms with Crippen LogP contribution in [0, 0.1) is 0 Å². The van der Waals surface area contributed by atoms with Crippen molar-refractivity contribution >= 4 is 29.9 Å². The molecule has 1 aromatic heterocycles. The van der Waals surface area contributed by atoms with Gasteiger partial charge in [0.05, 0.1) is 12.2 Å². The van der Waals surface area contributed by atoms with E-state index in [4.69, 9.17) is 22.4 Å². The number of rotatable bonds is 8. The summed E-state index contributed by atoms with van der Waals surface area (Å²) in [5.41, 5.74) is 9.44. The molecule has 0 unspecified atom stereocenters. The molecule has 0 aliphatic heterocycles. The zero-order valence-corrected chi connectivity index (χ0v) is 18.0. The predicted octanol–water partition coefficient (Wildman–Crippen LogP) is 4.37. The second-order valence-electron chi connectivity index (χ2n) is 6.80. The van der Waals surface area contributed by atoms with E-state index in [1.807, 2.05) is 72.5 Å². The van der Waals surface area contributed by atoms with Crippen LogP contribution in [0.1, 0.15) is 24.0 Å². The molecule has 0 fully saturated rings. The van der Waals surface area contributed by atoms with Crippen LogP contribution < -0.4 is 5.73 Å². The van der Waals surface area contributed by atoms with Crippen LogP contribution in [0.15, 0.2) is 60.8 Å². The Labute approximate surface area is 182 Å². The van der Waals surface area contributed by atoms with E-state index in [2.05, 4.69) is 0 Å². The highest BCUT2D eigenvalue weighted by Crippen LogP contribution is 2.24. The lowest BCUT2D eigenvalue weighted by Crippen LogP contribution is -2.26. The maximum absolute atomic E-state index is 12.3. The first kappa shape index (κ1) is 22.9. The fraction of sp³-hybridized carbons (Fsp3) is 0.273. The molecule has 7 heteroatoms. The summed E-state index contributed by atoms with van der Waals surface area (Å²) in [6.07, 6.45) is 3.15. The van der Waals surface area contributed by atoms with Crippen LogP contribution in [0.25, 0.3) is 11.3 Å². The van der Waals surface area contributed by atoms with Crippen molar-refractivity contribution in [3.8, 4) is 11.3 Å². The smallest absolute Gasteiger partial charge is 0.222 e. The Morgan fingerprint density at radius 2 is 1.79 bits per heavy atom. The number of amides is 1. The standard InChI is InChI=1S/C22H25ClN4O.ClH/c1-26(21(28)12-7-13-24)14-19-16-27(15-18-10-5-6-11-20(18)23)25-22(19)17-8-3-2-4-9-17;/h2-6,8-11,16H,7,12-15,24H2,1H3;1H. The lowest BCUT2D eigenvalue weighted by atomic mass is 10.1. The summed E-state index contributed by atoms with van der Waals surface area (Å²) in [6.45, 7) is 1.59. The molecular weight excluding hydrogens is 407 g/mol. The van der Waals surface area contributed by atoms with Crippen LogP contribution in [-0.2, 0) is 17.9 Å². The Balaban J connectivity index is 0.00000300. The van der Waals surface area contributed by atoms with Gasteiger partial charge in [0.25, 0.3) is 0 Å². The Kier molecular flexibility index (Phi) is 8.70. The zero-order chi connectivity index (χ0) is 19.9. The van der Waals surface area contributed by atoms with E-state index in [9.17, 15) is 4.79 Å². The molecule has 2 aromatic carbocycles. The van der Waals surface area contributed by atoms with Crippen molar-refractivity contribution in [2.75, 3.05) is 13.6 Å². The maximum Gasteiger partial charge on any atom is 0.222 e. The Bertz CT molecular complexity index is 928. The summed E-state index contributed by atoms with van der Waals surface area (Å²) in [5, 5.41) is 5.51. The van der Waals surface area contributed by atoms with E-state index in [0.29, 0.717) is 32.5 Å². The normalized spacial score (nSPS) is 10.4. The van der Waals surface area contributed by atoms with E-state index >= 15 is 0 Å². The average Bonchev–Trinajstić information content (AvgIpc) is 3.10. The van der Waals surface area contributed by atoms with Crippen LogP contribution in [0.4, 0.5) is 0 Å². The van der Waals surface area contributed by atoms with Gasteiger partial charge in [-0.2, -0.15) is 5.10 Å². The number of carbonyl (C=O) groups is 1. The molecule has 2 N–H and O–H groups in total. The van der Waals surface area contributed by atoms with Crippen LogP contribution in [-0.4, -0.2) is 34.2 Å². The molecule has 0 saturated carbocycles. The van der Waals surface area contributed by atoms with Crippen molar-refractivity contribution in [1.29, 1.82) is 0 Å². The highest BCUT2D eigenvalue weighted by molar-refractivity contribution is 6.31. The first-order valence-corrected chi connectivity index (χ1v) is 9.75. The van der Waals surface area contributed by atoms with Gasteiger partial charge < -0.3 is 10.6 Å². The minimum Gasteiger partial charge on any atom is -0.341 e. The molecule has 3 rings (SSSR count). The zero-order valence-electron chi connectivity index (χ0n) is 16.4. The first-order chi connectivity index (χ1) is 13.6. The van der Waals surface area contributed by atoms with E-state index in [1.54, 1.807) is 4.90 Å². The van der Waals surface area contributed by atoms with Crippen molar-refractivity contribution in [2.24, 2.45) is 5.73 Å². The van der Waals surface area contributed by atoms with Gasteiger partial charge in [0.1, 0.15) is 0 Å². The van der Waals surface area contributed by atoms with Gasteiger partial charge in [-0.15, -0.1) is 12.4 Å². The van der Waals surface area contributed by atoms with Gasteiger partial charge >= 0.3 is 0 Å². The quantitative estimate of drug-likeness (QED) is 0.574. The molecule has 3 aromatic rings. The maximum atomic E-state index is 12.3. The van der Waals surface area contributed by atoms with Gasteiger partial charge in [0, 0.05) is 42.4 Å². The summed E-state index contributed by atoms with van der Waals surface area (Å²) in [5.74, 6) is 0.0864.